The van der Waals surface area contributed by atoms with Gasteiger partial charge in [0.05, 0.1) is 32.3 Å². The molecular weight excluding hydrogens is 555 g/mol. The van der Waals surface area contributed by atoms with Crippen molar-refractivity contribution < 1.29 is 38.8 Å². The number of rotatable bonds is 12. The molecule has 0 saturated heterocycles. The average molecular weight is 597 g/mol. The van der Waals surface area contributed by atoms with E-state index in [1.165, 1.54) is 32.1 Å². The van der Waals surface area contributed by atoms with Crippen LogP contribution < -0.4 is 14.8 Å². The van der Waals surface area contributed by atoms with Crippen LogP contribution in [0.3, 0.4) is 0 Å². The van der Waals surface area contributed by atoms with Crippen LogP contribution in [0.25, 0.3) is 0 Å². The first-order valence-corrected chi connectivity index (χ1v) is 15.2. The number of ether oxygens (including phenoxy) is 2. The highest BCUT2D eigenvalue weighted by Crippen LogP contribution is 2.51. The molecule has 2 aromatic rings. The molecule has 9 nitrogen and oxygen atoms in total. The third kappa shape index (κ3) is 6.71. The van der Waals surface area contributed by atoms with Gasteiger partial charge in [0.2, 0.25) is 11.8 Å². The van der Waals surface area contributed by atoms with E-state index in [2.05, 4.69) is 5.32 Å². The number of aliphatic hydroxyl groups is 3. The zero-order chi connectivity index (χ0) is 30.5. The maximum absolute atomic E-state index is 14.0. The lowest BCUT2D eigenvalue weighted by Gasteiger charge is -2.41. The number of fused-ring (bicyclic) bond motifs is 3. The predicted octanol–water partition coefficient (Wildman–Crippen LogP) is 2.99. The Hall–Kier alpha value is -3.47. The summed E-state index contributed by atoms with van der Waals surface area (Å²) in [4.78, 5) is 29.0. The minimum atomic E-state index is -1.20. The Labute approximate surface area is 251 Å². The van der Waals surface area contributed by atoms with Gasteiger partial charge in [0.15, 0.2) is 11.5 Å². The molecule has 2 aliphatic carbocycles. The fourth-order valence-electron chi connectivity index (χ4n) is 6.77. The van der Waals surface area contributed by atoms with Crippen LogP contribution in [0.15, 0.2) is 48.0 Å². The lowest BCUT2D eigenvalue weighted by molar-refractivity contribution is -0.137. The number of nitrogens with zero attached hydrogens (tertiary/aromatic N) is 1. The Balaban J connectivity index is 1.51. The molecule has 4 atom stereocenters. The van der Waals surface area contributed by atoms with E-state index < -0.39 is 30.1 Å². The van der Waals surface area contributed by atoms with Gasteiger partial charge in [-0.15, -0.1) is 0 Å². The summed E-state index contributed by atoms with van der Waals surface area (Å²) < 4.78 is 25.8. The van der Waals surface area contributed by atoms with E-state index in [4.69, 9.17) is 9.47 Å². The number of hydrogen-bond donors (Lipinski definition) is 4. The summed E-state index contributed by atoms with van der Waals surface area (Å²) in [5, 5.41) is 33.8. The third-order valence-corrected chi connectivity index (χ3v) is 8.95. The van der Waals surface area contributed by atoms with Crippen LogP contribution in [0.1, 0.15) is 61.1 Å². The zero-order valence-electron chi connectivity index (χ0n) is 24.5. The molecule has 2 amide bonds. The van der Waals surface area contributed by atoms with Crippen molar-refractivity contribution in [3.8, 4) is 11.5 Å². The summed E-state index contributed by atoms with van der Waals surface area (Å²) >= 11 is 0. The Kier molecular flexibility index (Phi) is 10.00. The van der Waals surface area contributed by atoms with Crippen molar-refractivity contribution in [1.29, 1.82) is 0 Å². The van der Waals surface area contributed by atoms with Crippen molar-refractivity contribution in [3.05, 3.63) is 70.6 Å². The minimum absolute atomic E-state index is 0.0259. The number of aliphatic hydroxyl groups excluding tert-OH is 3. The number of benzene rings is 2. The number of carbonyl (C=O) groups excluding carboxylic acids is 2. The van der Waals surface area contributed by atoms with Gasteiger partial charge >= 0.3 is 0 Å². The summed E-state index contributed by atoms with van der Waals surface area (Å²) in [5.41, 5.74) is 2.16. The monoisotopic (exact) mass is 596 g/mol. The largest absolute Gasteiger partial charge is 0.493 e. The van der Waals surface area contributed by atoms with Gasteiger partial charge in [-0.1, -0.05) is 37.8 Å². The van der Waals surface area contributed by atoms with E-state index in [9.17, 15) is 29.3 Å². The molecule has 0 bridgehead atoms. The molecule has 1 saturated carbocycles. The third-order valence-electron chi connectivity index (χ3n) is 8.95. The van der Waals surface area contributed by atoms with Crippen molar-refractivity contribution in [3.63, 3.8) is 0 Å². The van der Waals surface area contributed by atoms with Crippen LogP contribution in [-0.4, -0.2) is 77.1 Å². The van der Waals surface area contributed by atoms with E-state index in [1.54, 1.807) is 35.2 Å². The van der Waals surface area contributed by atoms with Crippen molar-refractivity contribution in [2.24, 2.45) is 5.92 Å². The molecule has 5 rings (SSSR count). The Morgan fingerprint density at radius 2 is 1.93 bits per heavy atom. The number of halogens is 1. The van der Waals surface area contributed by atoms with Crippen LogP contribution >= 0.6 is 0 Å². The molecule has 1 heterocycles. The number of methoxy groups -OCH3 is 1. The molecule has 232 valence electrons. The zero-order valence-corrected chi connectivity index (χ0v) is 24.5. The fraction of sp³-hybridized carbons (Fsp3) is 0.515. The van der Waals surface area contributed by atoms with Gasteiger partial charge in [0.1, 0.15) is 18.0 Å². The molecule has 10 heteroatoms. The van der Waals surface area contributed by atoms with Gasteiger partial charge in [0, 0.05) is 30.6 Å². The summed E-state index contributed by atoms with van der Waals surface area (Å²) in [6.07, 6.45) is 5.48. The molecule has 1 aliphatic heterocycles. The second-order valence-electron chi connectivity index (χ2n) is 11.7. The van der Waals surface area contributed by atoms with Crippen LogP contribution in [0.5, 0.6) is 11.5 Å². The molecule has 1 fully saturated rings. The van der Waals surface area contributed by atoms with E-state index in [1.807, 2.05) is 0 Å². The fourth-order valence-corrected chi connectivity index (χ4v) is 6.77. The second-order valence-corrected chi connectivity index (χ2v) is 11.7. The van der Waals surface area contributed by atoms with Crippen LogP contribution in [-0.2, 0) is 22.6 Å². The Morgan fingerprint density at radius 1 is 1.14 bits per heavy atom. The summed E-state index contributed by atoms with van der Waals surface area (Å²) in [7, 11) is 1.48. The molecule has 0 spiro atoms. The predicted molar refractivity (Wildman–Crippen MR) is 157 cm³/mol. The molecular formula is C33H41FN2O7. The van der Waals surface area contributed by atoms with E-state index in [-0.39, 0.29) is 38.0 Å². The van der Waals surface area contributed by atoms with Gasteiger partial charge in [-0.05, 0) is 60.2 Å². The molecule has 0 radical (unpaired) electrons. The molecule has 4 N–H and O–H groups in total. The highest BCUT2D eigenvalue weighted by Gasteiger charge is 2.51. The molecule has 2 aromatic carbocycles. The van der Waals surface area contributed by atoms with Crippen LogP contribution in [0, 0.1) is 11.7 Å². The topological polar surface area (TPSA) is 129 Å². The molecule has 43 heavy (non-hydrogen) atoms. The SMILES string of the molecule is COc1cc(CO)cc2c1O[C@@H]1[C@@H](O)[C@H](N(CCc3cccc(F)c3)C(=O)CCC3CCCC3)C=C(C(=O)NCCO)[C@H]21. The first-order chi connectivity index (χ1) is 20.8. The summed E-state index contributed by atoms with van der Waals surface area (Å²) in [6, 6.07) is 8.70. The maximum Gasteiger partial charge on any atom is 0.247 e. The average Bonchev–Trinajstić information content (AvgIpc) is 3.68. The lowest BCUT2D eigenvalue weighted by Crippen LogP contribution is -2.56. The highest BCUT2D eigenvalue weighted by atomic mass is 19.1. The first-order valence-electron chi connectivity index (χ1n) is 15.2. The summed E-state index contributed by atoms with van der Waals surface area (Å²) in [6.45, 7) is -0.281. The first kappa shape index (κ1) is 31.0. The smallest absolute Gasteiger partial charge is 0.247 e. The van der Waals surface area contributed by atoms with Gasteiger partial charge in [-0.3, -0.25) is 9.59 Å². The molecule has 0 aromatic heterocycles. The maximum atomic E-state index is 14.0. The Bertz CT molecular complexity index is 1340. The van der Waals surface area contributed by atoms with Crippen molar-refractivity contribution >= 4 is 11.8 Å². The number of carbonyl (C=O) groups is 2. The van der Waals surface area contributed by atoms with Crippen molar-refractivity contribution in [1.82, 2.24) is 10.2 Å². The minimum Gasteiger partial charge on any atom is -0.493 e. The Morgan fingerprint density at radius 3 is 2.63 bits per heavy atom. The van der Waals surface area contributed by atoms with Crippen LogP contribution in [0.4, 0.5) is 4.39 Å². The summed E-state index contributed by atoms with van der Waals surface area (Å²) in [5.74, 6) is -0.431. The number of nitrogens with one attached hydrogen (secondary N) is 1. The van der Waals surface area contributed by atoms with E-state index in [0.717, 1.165) is 19.3 Å². The molecule has 3 aliphatic rings. The second kappa shape index (κ2) is 13.9. The number of amides is 2. The van der Waals surface area contributed by atoms with Gasteiger partial charge in [0.25, 0.3) is 0 Å². The standard InChI is InChI=1S/C33H41FN2O7/c1-42-27-17-22(19-38)16-24-29-25(33(41)35-12-14-37)18-26(30(40)32(29)43-31(24)27)36(13-11-21-7-4-8-23(34)15-21)28(39)10-9-20-5-2-3-6-20/h4,7-8,15-18,20,26,29-30,32,37-38,40H,2-3,5-6,9-14,19H2,1H3,(H,35,41)/t26-,29+,30+,32+/m1/s1. The van der Waals surface area contributed by atoms with Gasteiger partial charge in [-0.25, -0.2) is 4.39 Å². The quantitative estimate of drug-likeness (QED) is 0.297. The van der Waals surface area contributed by atoms with Crippen LogP contribution in [0.2, 0.25) is 0 Å². The normalized spacial score (nSPS) is 22.8. The van der Waals surface area contributed by atoms with E-state index >= 15 is 0 Å². The lowest BCUT2D eigenvalue weighted by atomic mass is 9.77. The van der Waals surface area contributed by atoms with E-state index in [0.29, 0.717) is 52.5 Å². The van der Waals surface area contributed by atoms with Gasteiger partial charge < -0.3 is 35.0 Å². The van der Waals surface area contributed by atoms with Crippen molar-refractivity contribution in [2.75, 3.05) is 26.8 Å². The van der Waals surface area contributed by atoms with Gasteiger partial charge in [-0.2, -0.15) is 0 Å². The highest BCUT2D eigenvalue weighted by molar-refractivity contribution is 5.96. The van der Waals surface area contributed by atoms with Crippen molar-refractivity contribution in [2.45, 2.75) is 75.7 Å². The molecule has 0 unspecified atom stereocenters. The number of hydrogen-bond acceptors (Lipinski definition) is 7.